The molecular weight excluding hydrogens is 400 g/mol. The third-order valence-corrected chi connectivity index (χ3v) is 5.54. The van der Waals surface area contributed by atoms with Gasteiger partial charge in [0.15, 0.2) is 0 Å². The quantitative estimate of drug-likeness (QED) is 0.460. The first-order chi connectivity index (χ1) is 15.6. The lowest BCUT2D eigenvalue weighted by atomic mass is 9.96. The Hall–Kier alpha value is -3.87. The zero-order valence-corrected chi connectivity index (χ0v) is 18.5. The van der Waals surface area contributed by atoms with Gasteiger partial charge in [0, 0.05) is 54.6 Å². The number of amides is 1. The summed E-state index contributed by atoms with van der Waals surface area (Å²) in [6, 6.07) is 13.7. The van der Waals surface area contributed by atoms with Crippen molar-refractivity contribution in [1.82, 2.24) is 25.3 Å². The average molecular weight is 427 g/mol. The molecule has 7 nitrogen and oxygen atoms in total. The summed E-state index contributed by atoms with van der Waals surface area (Å²) in [5.41, 5.74) is 5.39. The highest BCUT2D eigenvalue weighted by molar-refractivity contribution is 6.06. The van der Waals surface area contributed by atoms with Gasteiger partial charge in [-0.1, -0.05) is 32.0 Å². The van der Waals surface area contributed by atoms with E-state index >= 15 is 0 Å². The lowest BCUT2D eigenvalue weighted by Crippen LogP contribution is -2.18. The van der Waals surface area contributed by atoms with Gasteiger partial charge in [0.25, 0.3) is 5.91 Å². The lowest BCUT2D eigenvalue weighted by molar-refractivity contribution is 0.0964. The molecule has 0 bridgehead atoms. The predicted octanol–water partition coefficient (Wildman–Crippen LogP) is 4.22. The monoisotopic (exact) mass is 426 g/mol. The van der Waals surface area contributed by atoms with E-state index in [2.05, 4.69) is 50.5 Å². The van der Waals surface area contributed by atoms with Crippen molar-refractivity contribution in [1.29, 1.82) is 0 Å². The maximum atomic E-state index is 12.2. The SMILES string of the molecule is CCc1ccc(-c2cc(NC[C@@H](C)c3cccc4c(C(=O)NC)ccnc34)ncn2)cn1. The summed E-state index contributed by atoms with van der Waals surface area (Å²) in [6.45, 7) is 4.88. The Bertz CT molecular complexity index is 1240. The molecule has 0 spiro atoms. The van der Waals surface area contributed by atoms with Crippen LogP contribution in [0.15, 0.2) is 61.2 Å². The van der Waals surface area contributed by atoms with Crippen LogP contribution in [0.3, 0.4) is 0 Å². The van der Waals surface area contributed by atoms with Crippen LogP contribution in [-0.2, 0) is 6.42 Å². The van der Waals surface area contributed by atoms with Gasteiger partial charge in [-0.2, -0.15) is 0 Å². The van der Waals surface area contributed by atoms with E-state index in [0.29, 0.717) is 12.1 Å². The van der Waals surface area contributed by atoms with E-state index in [-0.39, 0.29) is 11.8 Å². The number of anilines is 1. The molecule has 7 heteroatoms. The first-order valence-electron chi connectivity index (χ1n) is 10.7. The Morgan fingerprint density at radius 2 is 1.94 bits per heavy atom. The van der Waals surface area contributed by atoms with Gasteiger partial charge < -0.3 is 10.6 Å². The molecule has 32 heavy (non-hydrogen) atoms. The Morgan fingerprint density at radius 1 is 1.06 bits per heavy atom. The maximum Gasteiger partial charge on any atom is 0.251 e. The van der Waals surface area contributed by atoms with Gasteiger partial charge in [-0.05, 0) is 30.2 Å². The average Bonchev–Trinajstić information content (AvgIpc) is 2.86. The smallest absolute Gasteiger partial charge is 0.251 e. The fourth-order valence-corrected chi connectivity index (χ4v) is 3.69. The van der Waals surface area contributed by atoms with Crippen molar-refractivity contribution in [2.45, 2.75) is 26.2 Å². The van der Waals surface area contributed by atoms with Crippen LogP contribution in [0.1, 0.15) is 41.4 Å². The minimum atomic E-state index is -0.115. The van der Waals surface area contributed by atoms with Crippen molar-refractivity contribution in [3.8, 4) is 11.3 Å². The second kappa shape index (κ2) is 9.51. The largest absolute Gasteiger partial charge is 0.369 e. The molecule has 0 aliphatic carbocycles. The number of rotatable bonds is 7. The minimum absolute atomic E-state index is 0.115. The van der Waals surface area contributed by atoms with E-state index in [0.717, 1.165) is 45.7 Å². The molecule has 4 aromatic rings. The molecule has 1 amide bonds. The molecule has 1 aromatic carbocycles. The summed E-state index contributed by atoms with van der Waals surface area (Å²) in [5.74, 6) is 0.783. The number of carbonyl (C=O) groups excluding carboxylic acids is 1. The summed E-state index contributed by atoms with van der Waals surface area (Å²) < 4.78 is 0. The highest BCUT2D eigenvalue weighted by Crippen LogP contribution is 2.27. The zero-order valence-electron chi connectivity index (χ0n) is 18.5. The van der Waals surface area contributed by atoms with Crippen molar-refractivity contribution in [3.63, 3.8) is 0 Å². The number of aryl methyl sites for hydroxylation is 1. The second-order valence-corrected chi connectivity index (χ2v) is 7.64. The van der Waals surface area contributed by atoms with Gasteiger partial charge in [-0.3, -0.25) is 14.8 Å². The fourth-order valence-electron chi connectivity index (χ4n) is 3.69. The molecule has 1 atom stereocenters. The van der Waals surface area contributed by atoms with E-state index < -0.39 is 0 Å². The van der Waals surface area contributed by atoms with Crippen LogP contribution in [-0.4, -0.2) is 39.4 Å². The molecular formula is C25H26N6O. The Kier molecular flexibility index (Phi) is 6.35. The van der Waals surface area contributed by atoms with E-state index in [9.17, 15) is 4.79 Å². The summed E-state index contributed by atoms with van der Waals surface area (Å²) >= 11 is 0. The predicted molar refractivity (Wildman–Crippen MR) is 127 cm³/mol. The third kappa shape index (κ3) is 4.42. The molecule has 0 aliphatic rings. The van der Waals surface area contributed by atoms with Gasteiger partial charge in [0.1, 0.15) is 12.1 Å². The van der Waals surface area contributed by atoms with Crippen molar-refractivity contribution in [2.75, 3.05) is 18.9 Å². The van der Waals surface area contributed by atoms with Crippen LogP contribution >= 0.6 is 0 Å². The molecule has 0 aliphatic heterocycles. The third-order valence-electron chi connectivity index (χ3n) is 5.54. The maximum absolute atomic E-state index is 12.2. The molecule has 0 radical (unpaired) electrons. The normalized spacial score (nSPS) is 11.8. The highest BCUT2D eigenvalue weighted by Gasteiger charge is 2.15. The van der Waals surface area contributed by atoms with E-state index in [1.165, 1.54) is 0 Å². The number of nitrogens with zero attached hydrogens (tertiary/aromatic N) is 4. The van der Waals surface area contributed by atoms with Crippen LogP contribution in [0.4, 0.5) is 5.82 Å². The number of carbonyl (C=O) groups is 1. The van der Waals surface area contributed by atoms with Gasteiger partial charge in [0.05, 0.1) is 16.8 Å². The molecule has 0 fully saturated rings. The number of hydrogen-bond donors (Lipinski definition) is 2. The van der Waals surface area contributed by atoms with Gasteiger partial charge in [0.2, 0.25) is 0 Å². The summed E-state index contributed by atoms with van der Waals surface area (Å²) in [5, 5.41) is 6.96. The van der Waals surface area contributed by atoms with E-state index in [4.69, 9.17) is 0 Å². The van der Waals surface area contributed by atoms with Crippen LogP contribution in [0, 0.1) is 0 Å². The Morgan fingerprint density at radius 3 is 2.69 bits per heavy atom. The van der Waals surface area contributed by atoms with Gasteiger partial charge in [-0.25, -0.2) is 9.97 Å². The Balaban J connectivity index is 1.53. The standard InChI is InChI=1S/C25H26N6O/c1-4-18-9-8-17(14-28-18)22-12-23(31-15-30-22)29-13-16(2)19-6-5-7-20-21(25(32)26-3)10-11-27-24(19)20/h5-12,14-16H,4,13H2,1-3H3,(H,26,32)(H,29,30,31)/t16-/m1/s1. The number of aromatic nitrogens is 4. The summed E-state index contributed by atoms with van der Waals surface area (Å²) in [7, 11) is 1.63. The highest BCUT2D eigenvalue weighted by atomic mass is 16.1. The number of pyridine rings is 2. The van der Waals surface area contributed by atoms with E-state index in [1.54, 1.807) is 25.6 Å². The van der Waals surface area contributed by atoms with Crippen LogP contribution < -0.4 is 10.6 Å². The molecule has 3 aromatic heterocycles. The number of fused-ring (bicyclic) bond motifs is 1. The minimum Gasteiger partial charge on any atom is -0.369 e. The summed E-state index contributed by atoms with van der Waals surface area (Å²) in [4.78, 5) is 30.0. The molecule has 0 saturated heterocycles. The number of benzene rings is 1. The molecule has 0 unspecified atom stereocenters. The second-order valence-electron chi connectivity index (χ2n) is 7.64. The Labute approximate surface area is 187 Å². The van der Waals surface area contributed by atoms with Crippen molar-refractivity contribution in [3.05, 3.63) is 78.0 Å². The summed E-state index contributed by atoms with van der Waals surface area (Å²) in [6.07, 6.45) is 6.00. The number of nitrogens with one attached hydrogen (secondary N) is 2. The van der Waals surface area contributed by atoms with Gasteiger partial charge >= 0.3 is 0 Å². The molecule has 162 valence electrons. The lowest BCUT2D eigenvalue weighted by Gasteiger charge is -2.16. The molecule has 0 saturated carbocycles. The van der Waals surface area contributed by atoms with Crippen LogP contribution in [0.2, 0.25) is 0 Å². The van der Waals surface area contributed by atoms with Crippen molar-refractivity contribution < 1.29 is 4.79 Å². The topological polar surface area (TPSA) is 92.7 Å². The molecule has 2 N–H and O–H groups in total. The molecule has 4 rings (SSSR count). The van der Waals surface area contributed by atoms with E-state index in [1.807, 2.05) is 36.5 Å². The fraction of sp³-hybridized carbons (Fsp3) is 0.240. The van der Waals surface area contributed by atoms with Crippen molar-refractivity contribution >= 4 is 22.6 Å². The number of hydrogen-bond acceptors (Lipinski definition) is 6. The van der Waals surface area contributed by atoms with Crippen molar-refractivity contribution in [2.24, 2.45) is 0 Å². The van der Waals surface area contributed by atoms with Gasteiger partial charge in [-0.15, -0.1) is 0 Å². The molecule has 3 heterocycles. The first kappa shape index (κ1) is 21.4. The van der Waals surface area contributed by atoms with Crippen LogP contribution in [0.5, 0.6) is 0 Å². The first-order valence-corrected chi connectivity index (χ1v) is 10.7. The zero-order chi connectivity index (χ0) is 22.5. The number of para-hydroxylation sites is 1. The van der Waals surface area contributed by atoms with Crippen LogP contribution in [0.25, 0.3) is 22.2 Å².